The first-order valence-electron chi connectivity index (χ1n) is 7.72. The Kier molecular flexibility index (Phi) is 4.91. The molecule has 1 aromatic carbocycles. The van der Waals surface area contributed by atoms with Crippen molar-refractivity contribution in [3.05, 3.63) is 34.7 Å². The normalized spacial score (nSPS) is 18.9. The second-order valence-corrected chi connectivity index (χ2v) is 7.00. The highest BCUT2D eigenvalue weighted by Crippen LogP contribution is 2.32. The number of ether oxygens (including phenoxy) is 1. The van der Waals surface area contributed by atoms with Crippen LogP contribution in [0.5, 0.6) is 0 Å². The van der Waals surface area contributed by atoms with Crippen LogP contribution < -0.4 is 5.32 Å². The van der Waals surface area contributed by atoms with Gasteiger partial charge < -0.3 is 10.1 Å². The number of thiophene rings is 1. The van der Waals surface area contributed by atoms with E-state index in [4.69, 9.17) is 4.74 Å². The Bertz CT molecular complexity index is 589. The molecule has 1 aliphatic heterocycles. The zero-order valence-corrected chi connectivity index (χ0v) is 13.7. The third-order valence-electron chi connectivity index (χ3n) is 4.09. The molecule has 1 atom stereocenters. The largest absolute Gasteiger partial charge is 0.377 e. The molecule has 0 amide bonds. The minimum absolute atomic E-state index is 0.424. The smallest absolute Gasteiger partial charge is 0.0702 e. The van der Waals surface area contributed by atoms with Crippen LogP contribution in [0.25, 0.3) is 10.1 Å². The Morgan fingerprint density at radius 3 is 3.00 bits per heavy atom. The standard InChI is InChI=1S/C17H24N2OS/c1-18-10-17-15(14-7-3-4-8-16(14)21-17)12-19(2)11-13-6-5-9-20-13/h3-4,7-8,13,18H,5-6,9-12H2,1-2H3. The van der Waals surface area contributed by atoms with Crippen molar-refractivity contribution in [2.45, 2.75) is 32.0 Å². The molecule has 0 aliphatic carbocycles. The van der Waals surface area contributed by atoms with Gasteiger partial charge in [-0.15, -0.1) is 11.3 Å². The molecule has 1 aliphatic rings. The molecule has 2 heterocycles. The van der Waals surface area contributed by atoms with E-state index in [1.807, 2.05) is 18.4 Å². The van der Waals surface area contributed by atoms with Gasteiger partial charge in [-0.25, -0.2) is 0 Å². The third-order valence-corrected chi connectivity index (χ3v) is 5.30. The molecular weight excluding hydrogens is 280 g/mol. The molecule has 1 aromatic heterocycles. The maximum atomic E-state index is 5.76. The van der Waals surface area contributed by atoms with Crippen molar-refractivity contribution in [3.8, 4) is 0 Å². The fourth-order valence-corrected chi connectivity index (χ4v) is 4.32. The number of benzene rings is 1. The number of nitrogens with one attached hydrogen (secondary N) is 1. The van der Waals surface area contributed by atoms with Gasteiger partial charge in [-0.3, -0.25) is 4.90 Å². The SMILES string of the molecule is CNCc1sc2ccccc2c1CN(C)CC1CCCO1. The van der Waals surface area contributed by atoms with Crippen molar-refractivity contribution in [1.82, 2.24) is 10.2 Å². The summed E-state index contributed by atoms with van der Waals surface area (Å²) in [7, 11) is 4.22. The van der Waals surface area contributed by atoms with Crippen LogP contribution in [0.2, 0.25) is 0 Å². The van der Waals surface area contributed by atoms with E-state index in [1.165, 1.54) is 33.4 Å². The average Bonchev–Trinajstić information content (AvgIpc) is 3.08. The van der Waals surface area contributed by atoms with Crippen LogP contribution in [0.3, 0.4) is 0 Å². The Morgan fingerprint density at radius 1 is 1.38 bits per heavy atom. The molecule has 1 unspecified atom stereocenters. The van der Waals surface area contributed by atoms with Gasteiger partial charge in [-0.05, 0) is 44.0 Å². The van der Waals surface area contributed by atoms with E-state index in [1.54, 1.807) is 0 Å². The van der Waals surface area contributed by atoms with E-state index in [0.717, 1.165) is 26.2 Å². The molecule has 114 valence electrons. The van der Waals surface area contributed by atoms with Crippen LogP contribution in [0.4, 0.5) is 0 Å². The Hall–Kier alpha value is -0.940. The summed E-state index contributed by atoms with van der Waals surface area (Å²) in [4.78, 5) is 3.86. The molecule has 1 N–H and O–H groups in total. The molecule has 1 fully saturated rings. The van der Waals surface area contributed by atoms with Crippen LogP contribution in [0.1, 0.15) is 23.3 Å². The van der Waals surface area contributed by atoms with Crippen LogP contribution in [-0.2, 0) is 17.8 Å². The van der Waals surface area contributed by atoms with Gasteiger partial charge in [0.25, 0.3) is 0 Å². The number of nitrogens with zero attached hydrogens (tertiary/aromatic N) is 1. The molecule has 3 nitrogen and oxygen atoms in total. The Balaban J connectivity index is 1.78. The first-order chi connectivity index (χ1) is 10.3. The van der Waals surface area contributed by atoms with Gasteiger partial charge in [0.05, 0.1) is 6.10 Å². The molecule has 0 bridgehead atoms. The quantitative estimate of drug-likeness (QED) is 0.887. The van der Waals surface area contributed by atoms with E-state index in [-0.39, 0.29) is 0 Å². The topological polar surface area (TPSA) is 24.5 Å². The van der Waals surface area contributed by atoms with Gasteiger partial charge in [-0.1, -0.05) is 18.2 Å². The summed E-state index contributed by atoms with van der Waals surface area (Å²) < 4.78 is 7.15. The lowest BCUT2D eigenvalue weighted by atomic mass is 10.1. The van der Waals surface area contributed by atoms with Crippen LogP contribution in [0, 0.1) is 0 Å². The predicted octanol–water partition coefficient (Wildman–Crippen LogP) is 3.23. The summed E-state index contributed by atoms with van der Waals surface area (Å²) in [6, 6.07) is 8.74. The van der Waals surface area contributed by atoms with Crippen molar-refractivity contribution >= 4 is 21.4 Å². The van der Waals surface area contributed by atoms with E-state index >= 15 is 0 Å². The van der Waals surface area contributed by atoms with E-state index in [0.29, 0.717) is 6.10 Å². The summed E-state index contributed by atoms with van der Waals surface area (Å²) in [5, 5.41) is 4.71. The first-order valence-corrected chi connectivity index (χ1v) is 8.53. The number of hydrogen-bond donors (Lipinski definition) is 1. The lowest BCUT2D eigenvalue weighted by Crippen LogP contribution is -2.28. The van der Waals surface area contributed by atoms with Gasteiger partial charge in [0.2, 0.25) is 0 Å². The minimum atomic E-state index is 0.424. The minimum Gasteiger partial charge on any atom is -0.377 e. The Morgan fingerprint density at radius 2 is 2.24 bits per heavy atom. The second kappa shape index (κ2) is 6.88. The summed E-state index contributed by atoms with van der Waals surface area (Å²) in [6.07, 6.45) is 2.84. The molecule has 21 heavy (non-hydrogen) atoms. The van der Waals surface area contributed by atoms with Crippen molar-refractivity contribution < 1.29 is 4.74 Å². The second-order valence-electron chi connectivity index (χ2n) is 5.86. The predicted molar refractivity (Wildman–Crippen MR) is 89.9 cm³/mol. The molecule has 1 saturated heterocycles. The molecular formula is C17H24N2OS. The van der Waals surface area contributed by atoms with Crippen molar-refractivity contribution in [2.75, 3.05) is 27.2 Å². The van der Waals surface area contributed by atoms with Gasteiger partial charge >= 0.3 is 0 Å². The lowest BCUT2D eigenvalue weighted by Gasteiger charge is -2.21. The van der Waals surface area contributed by atoms with E-state index < -0.39 is 0 Å². The number of fused-ring (bicyclic) bond motifs is 1. The van der Waals surface area contributed by atoms with Gasteiger partial charge in [0.1, 0.15) is 0 Å². The fourth-order valence-electron chi connectivity index (χ4n) is 3.10. The molecule has 4 heteroatoms. The Labute approximate surface area is 130 Å². The molecule has 3 rings (SSSR count). The number of rotatable bonds is 6. The highest BCUT2D eigenvalue weighted by atomic mass is 32.1. The average molecular weight is 304 g/mol. The van der Waals surface area contributed by atoms with Crippen LogP contribution in [-0.4, -0.2) is 38.3 Å². The van der Waals surface area contributed by atoms with Crippen molar-refractivity contribution in [3.63, 3.8) is 0 Å². The summed E-state index contributed by atoms with van der Waals surface area (Å²) in [6.45, 7) is 3.91. The maximum Gasteiger partial charge on any atom is 0.0702 e. The first kappa shape index (κ1) is 15.0. The van der Waals surface area contributed by atoms with Gasteiger partial charge in [0.15, 0.2) is 0 Å². The highest BCUT2D eigenvalue weighted by molar-refractivity contribution is 7.19. The molecule has 2 aromatic rings. The monoisotopic (exact) mass is 304 g/mol. The summed E-state index contributed by atoms with van der Waals surface area (Å²) >= 11 is 1.91. The van der Waals surface area contributed by atoms with Crippen molar-refractivity contribution in [2.24, 2.45) is 0 Å². The van der Waals surface area contributed by atoms with E-state index in [9.17, 15) is 0 Å². The molecule has 0 spiro atoms. The number of likely N-dealkylation sites (N-methyl/N-ethyl adjacent to an activating group) is 1. The highest BCUT2D eigenvalue weighted by Gasteiger charge is 2.19. The van der Waals surface area contributed by atoms with Crippen LogP contribution in [0.15, 0.2) is 24.3 Å². The zero-order valence-electron chi connectivity index (χ0n) is 12.9. The van der Waals surface area contributed by atoms with Crippen molar-refractivity contribution in [1.29, 1.82) is 0 Å². The molecule has 0 saturated carbocycles. The van der Waals surface area contributed by atoms with Crippen LogP contribution >= 0.6 is 11.3 Å². The van der Waals surface area contributed by atoms with Gasteiger partial charge in [0, 0.05) is 35.8 Å². The van der Waals surface area contributed by atoms with Gasteiger partial charge in [-0.2, -0.15) is 0 Å². The molecule has 0 radical (unpaired) electrons. The lowest BCUT2D eigenvalue weighted by molar-refractivity contribution is 0.0794. The number of hydrogen-bond acceptors (Lipinski definition) is 4. The fraction of sp³-hybridized carbons (Fsp3) is 0.529. The summed E-state index contributed by atoms with van der Waals surface area (Å²) in [5.74, 6) is 0. The third kappa shape index (κ3) is 3.46. The maximum absolute atomic E-state index is 5.76. The summed E-state index contributed by atoms with van der Waals surface area (Å²) in [5.41, 5.74) is 1.48. The zero-order chi connectivity index (χ0) is 14.7. The van der Waals surface area contributed by atoms with E-state index in [2.05, 4.69) is 41.5 Å².